The van der Waals surface area contributed by atoms with E-state index in [0.717, 1.165) is 0 Å². The smallest absolute Gasteiger partial charge is 0.131 e. The van der Waals surface area contributed by atoms with Crippen LogP contribution in [-0.4, -0.2) is 29.2 Å². The van der Waals surface area contributed by atoms with Gasteiger partial charge in [0.15, 0.2) is 0 Å². The molecule has 1 aliphatic rings. The predicted molar refractivity (Wildman–Crippen MR) is 55.3 cm³/mol. The van der Waals surface area contributed by atoms with E-state index in [0.29, 0.717) is 17.6 Å². The summed E-state index contributed by atoms with van der Waals surface area (Å²) in [5, 5.41) is 9.04. The van der Waals surface area contributed by atoms with Gasteiger partial charge in [0.25, 0.3) is 0 Å². The highest BCUT2D eigenvalue weighted by atomic mass is 79.9. The van der Waals surface area contributed by atoms with E-state index in [9.17, 15) is 8.78 Å². The molecule has 1 aromatic rings. The molecule has 1 N–H and O–H groups in total. The van der Waals surface area contributed by atoms with E-state index >= 15 is 0 Å². The number of hydrogen-bond donors (Lipinski definition) is 1. The molecule has 82 valence electrons. The molecule has 15 heavy (non-hydrogen) atoms. The van der Waals surface area contributed by atoms with Crippen LogP contribution in [0.5, 0.6) is 0 Å². The van der Waals surface area contributed by atoms with Gasteiger partial charge in [-0.3, -0.25) is 4.90 Å². The van der Waals surface area contributed by atoms with Crippen LogP contribution in [0.2, 0.25) is 0 Å². The molecular weight excluding hydrogens is 268 g/mol. The molecule has 1 saturated heterocycles. The minimum atomic E-state index is -0.553. The molecule has 5 heteroatoms. The summed E-state index contributed by atoms with van der Waals surface area (Å²) in [4.78, 5) is 1.79. The molecular formula is C10H10BrF2NO. The zero-order valence-corrected chi connectivity index (χ0v) is 9.47. The Labute approximate surface area is 94.6 Å². The van der Waals surface area contributed by atoms with Crippen LogP contribution >= 0.6 is 15.9 Å². The minimum Gasteiger partial charge on any atom is -0.390 e. The number of likely N-dealkylation sites (tertiary alicyclic amines) is 1. The molecule has 0 aliphatic carbocycles. The Hall–Kier alpha value is -0.520. The van der Waals surface area contributed by atoms with Crippen molar-refractivity contribution in [1.82, 2.24) is 4.90 Å². The second kappa shape index (κ2) is 4.15. The number of aliphatic hydroxyl groups is 1. The summed E-state index contributed by atoms with van der Waals surface area (Å²) in [6.07, 6.45) is -0.355. The summed E-state index contributed by atoms with van der Waals surface area (Å²) in [6.45, 7) is 1.17. The quantitative estimate of drug-likeness (QED) is 0.893. The average Bonchev–Trinajstić information content (AvgIpc) is 2.07. The fourth-order valence-corrected chi connectivity index (χ4v) is 2.02. The van der Waals surface area contributed by atoms with E-state index in [-0.39, 0.29) is 18.2 Å². The monoisotopic (exact) mass is 277 g/mol. The zero-order chi connectivity index (χ0) is 11.0. The molecule has 0 unspecified atom stereocenters. The van der Waals surface area contributed by atoms with E-state index in [1.165, 1.54) is 12.1 Å². The van der Waals surface area contributed by atoms with Gasteiger partial charge in [-0.1, -0.05) is 15.9 Å². The summed E-state index contributed by atoms with van der Waals surface area (Å²) < 4.78 is 27.1. The van der Waals surface area contributed by atoms with Crippen LogP contribution < -0.4 is 0 Å². The normalized spacial score (nSPS) is 17.9. The summed E-state index contributed by atoms with van der Waals surface area (Å²) >= 11 is 3.02. The first-order chi connectivity index (χ1) is 7.06. The fourth-order valence-electron chi connectivity index (χ4n) is 1.62. The molecule has 1 aliphatic heterocycles. The Balaban J connectivity index is 2.14. The second-order valence-corrected chi connectivity index (χ2v) is 4.61. The number of hydrogen-bond acceptors (Lipinski definition) is 2. The number of aliphatic hydroxyl groups excluding tert-OH is 1. The Morgan fingerprint density at radius 2 is 1.87 bits per heavy atom. The van der Waals surface area contributed by atoms with Gasteiger partial charge in [0.1, 0.15) is 11.6 Å². The van der Waals surface area contributed by atoms with E-state index in [4.69, 9.17) is 5.11 Å². The van der Waals surface area contributed by atoms with Crippen molar-refractivity contribution in [3.05, 3.63) is 33.8 Å². The maximum absolute atomic E-state index is 13.4. The highest BCUT2D eigenvalue weighted by Crippen LogP contribution is 2.22. The van der Waals surface area contributed by atoms with Crippen LogP contribution in [-0.2, 0) is 6.54 Å². The van der Waals surface area contributed by atoms with Gasteiger partial charge in [-0.05, 0) is 12.1 Å². The Kier molecular flexibility index (Phi) is 3.04. The lowest BCUT2D eigenvalue weighted by atomic mass is 10.1. The van der Waals surface area contributed by atoms with Crippen LogP contribution in [0.1, 0.15) is 5.56 Å². The lowest BCUT2D eigenvalue weighted by molar-refractivity contribution is -0.00403. The highest BCUT2D eigenvalue weighted by molar-refractivity contribution is 9.10. The van der Waals surface area contributed by atoms with Gasteiger partial charge in [0, 0.05) is 29.7 Å². The first-order valence-corrected chi connectivity index (χ1v) is 5.39. The van der Waals surface area contributed by atoms with Crippen molar-refractivity contribution < 1.29 is 13.9 Å². The van der Waals surface area contributed by atoms with Crippen molar-refractivity contribution in [2.75, 3.05) is 13.1 Å². The van der Waals surface area contributed by atoms with Crippen molar-refractivity contribution in [1.29, 1.82) is 0 Å². The number of rotatable bonds is 2. The van der Waals surface area contributed by atoms with Crippen LogP contribution in [0.25, 0.3) is 0 Å². The number of benzene rings is 1. The molecule has 1 heterocycles. The topological polar surface area (TPSA) is 23.5 Å². The van der Waals surface area contributed by atoms with Crippen molar-refractivity contribution in [2.24, 2.45) is 0 Å². The number of β-amino-alcohol motifs (C(OH)–C–C–N with tert-alkyl or cyclic N) is 1. The van der Waals surface area contributed by atoms with Crippen molar-refractivity contribution in [2.45, 2.75) is 12.6 Å². The first-order valence-electron chi connectivity index (χ1n) is 4.60. The SMILES string of the molecule is OC1CN(Cc2c(F)cc(Br)cc2F)C1. The maximum Gasteiger partial charge on any atom is 0.131 e. The van der Waals surface area contributed by atoms with E-state index < -0.39 is 11.6 Å². The maximum atomic E-state index is 13.4. The highest BCUT2D eigenvalue weighted by Gasteiger charge is 2.26. The fraction of sp³-hybridized carbons (Fsp3) is 0.400. The molecule has 2 nitrogen and oxygen atoms in total. The van der Waals surface area contributed by atoms with E-state index in [1.54, 1.807) is 4.90 Å². The largest absolute Gasteiger partial charge is 0.390 e. The number of nitrogens with zero attached hydrogens (tertiary/aromatic N) is 1. The van der Waals surface area contributed by atoms with Crippen LogP contribution in [0.4, 0.5) is 8.78 Å². The summed E-state index contributed by atoms with van der Waals surface area (Å²) in [5.74, 6) is -1.11. The average molecular weight is 278 g/mol. The third-order valence-electron chi connectivity index (χ3n) is 2.43. The van der Waals surface area contributed by atoms with Crippen molar-refractivity contribution in [3.8, 4) is 0 Å². The van der Waals surface area contributed by atoms with E-state index in [1.807, 2.05) is 0 Å². The zero-order valence-electron chi connectivity index (χ0n) is 7.88. The van der Waals surface area contributed by atoms with Crippen molar-refractivity contribution in [3.63, 3.8) is 0 Å². The third-order valence-corrected chi connectivity index (χ3v) is 2.88. The Morgan fingerprint density at radius 3 is 2.33 bits per heavy atom. The van der Waals surface area contributed by atoms with Crippen LogP contribution in [0.3, 0.4) is 0 Å². The van der Waals surface area contributed by atoms with Crippen LogP contribution in [0.15, 0.2) is 16.6 Å². The molecule has 0 spiro atoms. The van der Waals surface area contributed by atoms with Crippen molar-refractivity contribution >= 4 is 15.9 Å². The molecule has 0 radical (unpaired) electrons. The lowest BCUT2D eigenvalue weighted by Gasteiger charge is -2.35. The first kappa shape index (κ1) is 11.0. The van der Waals surface area contributed by atoms with E-state index in [2.05, 4.69) is 15.9 Å². The minimum absolute atomic E-state index is 0.0603. The standard InChI is InChI=1S/C10H10BrF2NO/c11-6-1-9(12)8(10(13)2-6)5-14-3-7(15)4-14/h1-2,7,15H,3-5H2. The molecule has 0 amide bonds. The van der Waals surface area contributed by atoms with Gasteiger partial charge in [-0.25, -0.2) is 8.78 Å². The molecule has 0 bridgehead atoms. The Morgan fingerprint density at radius 1 is 1.33 bits per heavy atom. The molecule has 0 atom stereocenters. The van der Waals surface area contributed by atoms with Gasteiger partial charge < -0.3 is 5.11 Å². The van der Waals surface area contributed by atoms with Gasteiger partial charge in [-0.2, -0.15) is 0 Å². The Bertz CT molecular complexity index is 357. The lowest BCUT2D eigenvalue weighted by Crippen LogP contribution is -2.50. The van der Waals surface area contributed by atoms with Gasteiger partial charge in [-0.15, -0.1) is 0 Å². The second-order valence-electron chi connectivity index (χ2n) is 3.70. The molecule has 2 rings (SSSR count). The predicted octanol–water partition coefficient (Wildman–Crippen LogP) is 1.90. The molecule has 0 saturated carbocycles. The van der Waals surface area contributed by atoms with Gasteiger partial charge in [0.2, 0.25) is 0 Å². The molecule has 1 aromatic carbocycles. The summed E-state index contributed by atoms with van der Waals surface area (Å²) in [6, 6.07) is 2.49. The third kappa shape index (κ3) is 2.35. The number of halogens is 3. The molecule has 0 aromatic heterocycles. The summed E-state index contributed by atoms with van der Waals surface area (Å²) in [7, 11) is 0. The van der Waals surface area contributed by atoms with Crippen LogP contribution in [0, 0.1) is 11.6 Å². The molecule has 1 fully saturated rings. The van der Waals surface area contributed by atoms with Gasteiger partial charge in [0.05, 0.1) is 6.10 Å². The van der Waals surface area contributed by atoms with Gasteiger partial charge >= 0.3 is 0 Å². The summed E-state index contributed by atoms with van der Waals surface area (Å²) in [5.41, 5.74) is 0.0603.